The first kappa shape index (κ1) is 17.7. The Hall–Kier alpha value is -1.63. The first-order valence-electron chi connectivity index (χ1n) is 8.39. The zero-order valence-electron chi connectivity index (χ0n) is 14.5. The van der Waals surface area contributed by atoms with E-state index < -0.39 is 0 Å². The lowest BCUT2D eigenvalue weighted by molar-refractivity contribution is 0.00720. The number of rotatable bonds is 6. The molecule has 1 N–H and O–H groups in total. The molecule has 1 aromatic heterocycles. The van der Waals surface area contributed by atoms with Gasteiger partial charge in [0, 0.05) is 39.1 Å². The molecule has 2 heterocycles. The fourth-order valence-corrected chi connectivity index (χ4v) is 2.68. The predicted molar refractivity (Wildman–Crippen MR) is 86.3 cm³/mol. The molecule has 1 fully saturated rings. The van der Waals surface area contributed by atoms with Gasteiger partial charge in [-0.1, -0.05) is 25.9 Å². The molecule has 0 bridgehead atoms. The molecular formula is C16H28N4O3. The summed E-state index contributed by atoms with van der Waals surface area (Å²) in [5.74, 6) is 2.13. The van der Waals surface area contributed by atoms with Gasteiger partial charge in [0.2, 0.25) is 5.89 Å². The van der Waals surface area contributed by atoms with Crippen LogP contribution in [0.15, 0.2) is 4.52 Å². The van der Waals surface area contributed by atoms with Crippen LogP contribution in [0.2, 0.25) is 0 Å². The lowest BCUT2D eigenvalue weighted by Crippen LogP contribution is -2.50. The van der Waals surface area contributed by atoms with Gasteiger partial charge >= 0.3 is 6.03 Å². The van der Waals surface area contributed by atoms with Crippen LogP contribution in [0.25, 0.3) is 0 Å². The van der Waals surface area contributed by atoms with Crippen molar-refractivity contribution >= 4 is 6.03 Å². The van der Waals surface area contributed by atoms with Crippen molar-refractivity contribution in [2.45, 2.75) is 52.1 Å². The number of amides is 2. The highest BCUT2D eigenvalue weighted by molar-refractivity contribution is 5.74. The van der Waals surface area contributed by atoms with Gasteiger partial charge in [-0.15, -0.1) is 0 Å². The summed E-state index contributed by atoms with van der Waals surface area (Å²) < 4.78 is 10.6. The molecule has 0 radical (unpaired) electrons. The number of methoxy groups -OCH3 is 1. The quantitative estimate of drug-likeness (QED) is 0.811. The third kappa shape index (κ3) is 4.92. The molecule has 0 aromatic carbocycles. The SMILES string of the molecule is CO[C@H]1CN(C(=O)NCCCc2nc(C(C)C)no2)CC[C@H]1C. The fraction of sp³-hybridized carbons (Fsp3) is 0.812. The van der Waals surface area contributed by atoms with Crippen molar-refractivity contribution in [3.63, 3.8) is 0 Å². The summed E-state index contributed by atoms with van der Waals surface area (Å²) in [6.07, 6.45) is 2.56. The summed E-state index contributed by atoms with van der Waals surface area (Å²) in [6.45, 7) is 8.27. The van der Waals surface area contributed by atoms with Crippen LogP contribution in [0.1, 0.15) is 51.2 Å². The van der Waals surface area contributed by atoms with Crippen LogP contribution in [0.3, 0.4) is 0 Å². The lowest BCUT2D eigenvalue weighted by atomic mass is 9.96. The van der Waals surface area contributed by atoms with E-state index in [1.807, 2.05) is 18.7 Å². The van der Waals surface area contributed by atoms with E-state index in [4.69, 9.17) is 9.26 Å². The number of hydrogen-bond acceptors (Lipinski definition) is 5. The molecule has 7 nitrogen and oxygen atoms in total. The Bertz CT molecular complexity index is 503. The average Bonchev–Trinajstić information content (AvgIpc) is 3.01. The number of ether oxygens (including phenoxy) is 1. The lowest BCUT2D eigenvalue weighted by Gasteiger charge is -2.36. The maximum Gasteiger partial charge on any atom is 0.317 e. The van der Waals surface area contributed by atoms with E-state index in [0.29, 0.717) is 31.3 Å². The van der Waals surface area contributed by atoms with Gasteiger partial charge in [-0.3, -0.25) is 0 Å². The van der Waals surface area contributed by atoms with Crippen LogP contribution >= 0.6 is 0 Å². The molecular weight excluding hydrogens is 296 g/mol. The summed E-state index contributed by atoms with van der Waals surface area (Å²) in [5.41, 5.74) is 0. The molecule has 7 heteroatoms. The third-order valence-electron chi connectivity index (χ3n) is 4.32. The third-order valence-corrected chi connectivity index (χ3v) is 4.32. The normalized spacial score (nSPS) is 21.7. The van der Waals surface area contributed by atoms with E-state index in [1.165, 1.54) is 0 Å². The first-order chi connectivity index (χ1) is 11.0. The number of urea groups is 1. The molecule has 1 aromatic rings. The second kappa shape index (κ2) is 8.29. The van der Waals surface area contributed by atoms with Gasteiger partial charge in [-0.2, -0.15) is 4.98 Å². The number of nitrogens with one attached hydrogen (secondary N) is 1. The Morgan fingerprint density at radius 2 is 2.30 bits per heavy atom. The summed E-state index contributed by atoms with van der Waals surface area (Å²) in [7, 11) is 1.71. The molecule has 1 aliphatic rings. The number of nitrogens with zero attached hydrogens (tertiary/aromatic N) is 3. The van der Waals surface area contributed by atoms with Gasteiger partial charge in [0.15, 0.2) is 5.82 Å². The highest BCUT2D eigenvalue weighted by atomic mass is 16.5. The molecule has 23 heavy (non-hydrogen) atoms. The van der Waals surface area contributed by atoms with Crippen LogP contribution in [0.5, 0.6) is 0 Å². The highest BCUT2D eigenvalue weighted by Crippen LogP contribution is 2.19. The van der Waals surface area contributed by atoms with Crippen molar-refractivity contribution in [3.05, 3.63) is 11.7 Å². The number of hydrogen-bond donors (Lipinski definition) is 1. The van der Waals surface area contributed by atoms with Crippen LogP contribution in [0.4, 0.5) is 4.79 Å². The Labute approximate surface area is 137 Å². The Morgan fingerprint density at radius 3 is 2.96 bits per heavy atom. The van der Waals surface area contributed by atoms with Crippen molar-refractivity contribution in [3.8, 4) is 0 Å². The Balaban J connectivity index is 1.68. The molecule has 0 unspecified atom stereocenters. The molecule has 2 atom stereocenters. The van der Waals surface area contributed by atoms with E-state index in [-0.39, 0.29) is 18.1 Å². The Kier molecular flexibility index (Phi) is 6.38. The summed E-state index contributed by atoms with van der Waals surface area (Å²) in [4.78, 5) is 18.3. The van der Waals surface area contributed by atoms with E-state index in [9.17, 15) is 4.79 Å². The molecule has 2 amide bonds. The van der Waals surface area contributed by atoms with E-state index in [0.717, 1.165) is 25.2 Å². The number of aromatic nitrogens is 2. The van der Waals surface area contributed by atoms with Gasteiger partial charge in [0.05, 0.1) is 6.10 Å². The number of carbonyl (C=O) groups is 1. The number of aryl methyl sites for hydroxylation is 1. The second-order valence-corrected chi connectivity index (χ2v) is 6.52. The van der Waals surface area contributed by atoms with Gasteiger partial charge in [0.1, 0.15) is 0 Å². The maximum atomic E-state index is 12.2. The van der Waals surface area contributed by atoms with E-state index in [2.05, 4.69) is 22.4 Å². The zero-order valence-corrected chi connectivity index (χ0v) is 14.5. The molecule has 1 aliphatic heterocycles. The largest absolute Gasteiger partial charge is 0.379 e. The van der Waals surface area contributed by atoms with Crippen molar-refractivity contribution in [2.75, 3.05) is 26.7 Å². The summed E-state index contributed by atoms with van der Waals surface area (Å²) >= 11 is 0. The fourth-order valence-electron chi connectivity index (χ4n) is 2.68. The number of likely N-dealkylation sites (tertiary alicyclic amines) is 1. The minimum absolute atomic E-state index is 0.0210. The molecule has 2 rings (SSSR count). The minimum atomic E-state index is -0.0210. The van der Waals surface area contributed by atoms with Crippen molar-refractivity contribution in [1.29, 1.82) is 0 Å². The highest BCUT2D eigenvalue weighted by Gasteiger charge is 2.28. The topological polar surface area (TPSA) is 80.5 Å². The van der Waals surface area contributed by atoms with Crippen LogP contribution in [0, 0.1) is 5.92 Å². The van der Waals surface area contributed by atoms with Gasteiger partial charge in [0.25, 0.3) is 0 Å². The molecule has 0 spiro atoms. The maximum absolute atomic E-state index is 12.2. The van der Waals surface area contributed by atoms with E-state index >= 15 is 0 Å². The molecule has 1 saturated heterocycles. The van der Waals surface area contributed by atoms with Gasteiger partial charge in [-0.05, 0) is 18.8 Å². The predicted octanol–water partition coefficient (Wildman–Crippen LogP) is 2.19. The zero-order chi connectivity index (χ0) is 16.8. The van der Waals surface area contributed by atoms with Crippen LogP contribution < -0.4 is 5.32 Å². The monoisotopic (exact) mass is 324 g/mol. The summed E-state index contributed by atoms with van der Waals surface area (Å²) in [6, 6.07) is -0.0210. The Morgan fingerprint density at radius 1 is 1.52 bits per heavy atom. The number of piperidine rings is 1. The summed E-state index contributed by atoms with van der Waals surface area (Å²) in [5, 5.41) is 6.89. The van der Waals surface area contributed by atoms with Crippen molar-refractivity contribution in [1.82, 2.24) is 20.4 Å². The molecule has 0 saturated carbocycles. The van der Waals surface area contributed by atoms with E-state index in [1.54, 1.807) is 7.11 Å². The van der Waals surface area contributed by atoms with Crippen molar-refractivity contribution < 1.29 is 14.1 Å². The van der Waals surface area contributed by atoms with Crippen molar-refractivity contribution in [2.24, 2.45) is 5.92 Å². The van der Waals surface area contributed by atoms with Gasteiger partial charge < -0.3 is 19.5 Å². The standard InChI is InChI=1S/C16H28N4O3/c1-11(2)15-18-14(23-19-15)6-5-8-17-16(21)20-9-7-12(3)13(10-20)22-4/h11-13H,5-10H2,1-4H3,(H,17,21)/t12-,13+/m1/s1. The van der Waals surface area contributed by atoms with Crippen LogP contribution in [-0.2, 0) is 11.2 Å². The second-order valence-electron chi connectivity index (χ2n) is 6.52. The average molecular weight is 324 g/mol. The van der Waals surface area contributed by atoms with Crippen LogP contribution in [-0.4, -0.2) is 53.9 Å². The van der Waals surface area contributed by atoms with Gasteiger partial charge in [-0.25, -0.2) is 4.79 Å². The first-order valence-corrected chi connectivity index (χ1v) is 8.39. The number of carbonyl (C=O) groups excluding carboxylic acids is 1. The smallest absolute Gasteiger partial charge is 0.317 e. The minimum Gasteiger partial charge on any atom is -0.379 e. The molecule has 130 valence electrons. The molecule has 0 aliphatic carbocycles.